The molecule has 60 heavy (non-hydrogen) atoms. The first-order chi connectivity index (χ1) is 28.3. The number of nitrogens with zero attached hydrogens (tertiary/aromatic N) is 1. The van der Waals surface area contributed by atoms with Crippen LogP contribution in [0.1, 0.15) is 70.0 Å². The van der Waals surface area contributed by atoms with Gasteiger partial charge >= 0.3 is 11.8 Å². The second-order valence-electron chi connectivity index (χ2n) is 15.3. The summed E-state index contributed by atoms with van der Waals surface area (Å²) < 4.78 is 33.8. The Morgan fingerprint density at radius 2 is 1.60 bits per heavy atom. The van der Waals surface area contributed by atoms with Gasteiger partial charge in [0.05, 0.1) is 72.8 Å². The quantitative estimate of drug-likeness (QED) is 0.0472. The number of Topliss-reactive ketones (excluding diaryl/α,β-unsaturated/α-hetero) is 1. The molecule has 330 valence electrons. The number of phenolic OH excluding ortho intramolecular Hbond substituents is 3. The molecule has 9 atom stereocenters. The molecule has 0 radical (unpaired) electrons. The average molecular weight is 843 g/mol. The first-order valence-electron chi connectivity index (χ1n) is 19.6. The molecule has 1 amide bonds. The molecule has 0 saturated carbocycles. The Balaban J connectivity index is 1.92. The van der Waals surface area contributed by atoms with Crippen molar-refractivity contribution >= 4 is 40.3 Å². The van der Waals surface area contributed by atoms with Gasteiger partial charge in [-0.25, -0.2) is 0 Å². The fourth-order valence-corrected chi connectivity index (χ4v) is 7.36. The number of allylic oxidation sites excluding steroid dienone is 2. The first kappa shape index (κ1) is 47.5. The van der Waals surface area contributed by atoms with Crippen molar-refractivity contribution in [3.8, 4) is 23.0 Å². The van der Waals surface area contributed by atoms with Gasteiger partial charge in [0.1, 0.15) is 30.0 Å². The number of nitrogens with one attached hydrogen (secondary N) is 1. The number of aliphatic hydroxyl groups excluding tert-OH is 2. The number of methoxy groups -OCH3 is 2. The van der Waals surface area contributed by atoms with E-state index in [1.807, 2.05) is 0 Å². The van der Waals surface area contributed by atoms with Crippen molar-refractivity contribution in [2.75, 3.05) is 46.0 Å². The molecule has 3 aliphatic rings. The molecule has 0 fully saturated rings. The van der Waals surface area contributed by atoms with Gasteiger partial charge in [0.15, 0.2) is 5.75 Å². The Labute approximate surface area is 349 Å². The third kappa shape index (κ3) is 10.0. The van der Waals surface area contributed by atoms with E-state index in [0.717, 1.165) is 6.21 Å². The lowest BCUT2D eigenvalue weighted by molar-refractivity contribution is -0.160. The van der Waals surface area contributed by atoms with Crippen molar-refractivity contribution in [3.05, 3.63) is 52.8 Å². The van der Waals surface area contributed by atoms with Crippen LogP contribution in [0.5, 0.6) is 23.0 Å². The number of ether oxygens (including phenoxy) is 6. The number of carbonyl (C=O) groups excluding carboxylic acids is 3. The molecule has 0 saturated heterocycles. The van der Waals surface area contributed by atoms with Crippen LogP contribution in [0.25, 0.3) is 10.8 Å². The molecule has 2 aromatic rings. The van der Waals surface area contributed by atoms with Crippen LogP contribution in [0, 0.1) is 30.6 Å². The fraction of sp³-hybridized carbons (Fsp3) is 0.535. The van der Waals surface area contributed by atoms with Crippen LogP contribution in [-0.4, -0.2) is 120 Å². The van der Waals surface area contributed by atoms with Gasteiger partial charge in [0.2, 0.25) is 0 Å². The summed E-state index contributed by atoms with van der Waals surface area (Å²) in [5.74, 6) is -8.83. The maximum atomic E-state index is 14.4. The molecular weight excluding hydrogens is 784 g/mol. The number of phenols is 3. The number of benzene rings is 2. The lowest BCUT2D eigenvalue weighted by Crippen LogP contribution is -2.46. The summed E-state index contributed by atoms with van der Waals surface area (Å²) in [4.78, 5) is 45.7. The number of esters is 1. The molecule has 0 spiro atoms. The van der Waals surface area contributed by atoms with E-state index >= 15 is 0 Å². The number of amides is 1. The molecule has 3 aliphatic heterocycles. The number of hydrogen-bond donors (Lipinski definition) is 6. The van der Waals surface area contributed by atoms with E-state index < -0.39 is 88.8 Å². The van der Waals surface area contributed by atoms with E-state index in [0.29, 0.717) is 13.2 Å². The smallest absolute Gasteiger partial charge is 0.312 e. The molecule has 6 N–H and O–H groups in total. The normalized spacial score (nSPS) is 29.8. The number of oxime groups is 1. The Bertz CT molecular complexity index is 2030. The summed E-state index contributed by atoms with van der Waals surface area (Å²) in [6.45, 7) is 13.2. The number of anilines is 1. The van der Waals surface area contributed by atoms with Gasteiger partial charge in [-0.2, -0.15) is 0 Å². The van der Waals surface area contributed by atoms with Crippen LogP contribution in [0.15, 0.2) is 41.3 Å². The van der Waals surface area contributed by atoms with Gasteiger partial charge in [-0.1, -0.05) is 51.1 Å². The summed E-state index contributed by atoms with van der Waals surface area (Å²) in [5, 5.41) is 63.9. The standard InChI is InChI=1S/C43H58N2O15/c1-21-12-11-13-22(2)42(53)45-33-28(20-44-58-19-18-56-17-16-54-9)37(50)30-31(38(33)51)36(49)26(6)40-32(30)41(52)43(8,60-40)57-15-14-29(55-10)23(3)39(59-27(7)46)25(5)35(48)24(4)34(21)47/h11-15,20-21,23-25,29,34-35,39,47-51H,16-19H2,1-10H3,(H,45,53)/b12-11+,15-14+,22-13+,44-20+. The zero-order valence-electron chi connectivity index (χ0n) is 35.7. The summed E-state index contributed by atoms with van der Waals surface area (Å²) in [7, 11) is 2.95. The third-order valence-corrected chi connectivity index (χ3v) is 11.0. The molecule has 2 aromatic carbocycles. The number of hydrogen-bond acceptors (Lipinski definition) is 16. The van der Waals surface area contributed by atoms with E-state index in [-0.39, 0.29) is 57.7 Å². The molecule has 5 rings (SSSR count). The molecule has 0 aliphatic carbocycles. The van der Waals surface area contributed by atoms with E-state index in [1.165, 1.54) is 60.3 Å². The molecule has 5 bridgehead atoms. The second kappa shape index (κ2) is 20.4. The van der Waals surface area contributed by atoms with Crippen molar-refractivity contribution in [2.24, 2.45) is 28.8 Å². The van der Waals surface area contributed by atoms with Crippen molar-refractivity contribution in [3.63, 3.8) is 0 Å². The van der Waals surface area contributed by atoms with Crippen molar-refractivity contribution in [1.29, 1.82) is 0 Å². The minimum absolute atomic E-state index is 0.0155. The zero-order chi connectivity index (χ0) is 44.6. The highest BCUT2D eigenvalue weighted by atomic mass is 16.7. The van der Waals surface area contributed by atoms with Crippen LogP contribution >= 0.6 is 0 Å². The predicted molar refractivity (Wildman–Crippen MR) is 220 cm³/mol. The fourth-order valence-electron chi connectivity index (χ4n) is 7.36. The topological polar surface area (TPSA) is 241 Å². The van der Waals surface area contributed by atoms with Gasteiger partial charge in [-0.15, -0.1) is 0 Å². The van der Waals surface area contributed by atoms with Crippen LogP contribution in [-0.2, 0) is 38.1 Å². The van der Waals surface area contributed by atoms with Crippen molar-refractivity contribution < 1.29 is 73.2 Å². The maximum absolute atomic E-state index is 14.4. The SMILES string of the molecule is COCCOCCO/N=C/c1c2c(O)c3c(O)c(C)c4c(c3c1O)C(=O)C(C)(O/C=C/C(OC)C(C)C(OC(C)=O)C(C)C(O)C(C)C(O)C(C)/C=C/C=C(\C)C(=O)N2)O4. The second-order valence-corrected chi connectivity index (χ2v) is 15.3. The lowest BCUT2D eigenvalue weighted by atomic mass is 9.78. The number of rotatable bonds is 10. The van der Waals surface area contributed by atoms with Gasteiger partial charge < -0.3 is 64.1 Å². The highest BCUT2D eigenvalue weighted by molar-refractivity contribution is 6.23. The van der Waals surface area contributed by atoms with E-state index in [4.69, 9.17) is 33.3 Å². The number of carbonyl (C=O) groups is 3. The monoisotopic (exact) mass is 842 g/mol. The lowest BCUT2D eigenvalue weighted by Gasteiger charge is -2.38. The molecule has 3 heterocycles. The molecular formula is C43H58N2O15. The summed E-state index contributed by atoms with van der Waals surface area (Å²) in [6, 6.07) is 0. The Hall–Kier alpha value is -5.20. The van der Waals surface area contributed by atoms with Crippen LogP contribution in [0.4, 0.5) is 5.69 Å². The number of aromatic hydroxyl groups is 3. The Kier molecular flexibility index (Phi) is 16.1. The minimum atomic E-state index is -2.08. The molecule has 0 aromatic heterocycles. The first-order valence-corrected chi connectivity index (χ1v) is 19.6. The van der Waals surface area contributed by atoms with Gasteiger partial charge in [-0.3, -0.25) is 14.4 Å². The maximum Gasteiger partial charge on any atom is 0.312 e. The van der Waals surface area contributed by atoms with Gasteiger partial charge in [0.25, 0.3) is 11.7 Å². The van der Waals surface area contributed by atoms with Crippen LogP contribution in [0.3, 0.4) is 0 Å². The van der Waals surface area contributed by atoms with Gasteiger partial charge in [-0.05, 0) is 19.9 Å². The highest BCUT2D eigenvalue weighted by Gasteiger charge is 2.50. The highest BCUT2D eigenvalue weighted by Crippen LogP contribution is 2.55. The van der Waals surface area contributed by atoms with Gasteiger partial charge in [0, 0.05) is 68.3 Å². The zero-order valence-corrected chi connectivity index (χ0v) is 35.7. The Morgan fingerprint density at radius 1 is 0.917 bits per heavy atom. The van der Waals surface area contributed by atoms with Crippen molar-refractivity contribution in [1.82, 2.24) is 0 Å². The molecule has 9 unspecified atom stereocenters. The molecule has 17 nitrogen and oxygen atoms in total. The number of aliphatic hydroxyl groups is 2. The molecule has 17 heteroatoms. The summed E-state index contributed by atoms with van der Waals surface area (Å²) >= 11 is 0. The van der Waals surface area contributed by atoms with E-state index in [2.05, 4.69) is 10.5 Å². The average Bonchev–Trinajstić information content (AvgIpc) is 3.47. The third-order valence-electron chi connectivity index (χ3n) is 11.0. The summed E-state index contributed by atoms with van der Waals surface area (Å²) in [5.41, 5.74) is -0.739. The van der Waals surface area contributed by atoms with Crippen LogP contribution < -0.4 is 10.1 Å². The van der Waals surface area contributed by atoms with E-state index in [9.17, 15) is 39.9 Å². The number of ketones is 1. The van der Waals surface area contributed by atoms with Crippen LogP contribution in [0.2, 0.25) is 0 Å². The Morgan fingerprint density at radius 3 is 2.25 bits per heavy atom. The largest absolute Gasteiger partial charge is 0.507 e. The minimum Gasteiger partial charge on any atom is -0.507 e. The van der Waals surface area contributed by atoms with E-state index in [1.54, 1.807) is 39.8 Å². The number of fused-ring (bicyclic) bond motifs is 14. The van der Waals surface area contributed by atoms with Crippen molar-refractivity contribution in [2.45, 2.75) is 85.6 Å². The summed E-state index contributed by atoms with van der Waals surface area (Å²) in [6.07, 6.45) is 4.38. The predicted octanol–water partition coefficient (Wildman–Crippen LogP) is 4.77.